The van der Waals surface area contributed by atoms with Crippen molar-refractivity contribution in [3.05, 3.63) is 78.4 Å². The molecule has 0 saturated carbocycles. The van der Waals surface area contributed by atoms with Gasteiger partial charge in [0.25, 0.3) is 0 Å². The zero-order valence-electron chi connectivity index (χ0n) is 18.7. The predicted molar refractivity (Wildman–Crippen MR) is 126 cm³/mol. The van der Waals surface area contributed by atoms with Crippen molar-refractivity contribution in [3.8, 4) is 0 Å². The molecule has 1 saturated heterocycles. The number of amides is 2. The number of carbonyl (C=O) groups is 3. The van der Waals surface area contributed by atoms with Crippen LogP contribution in [0.15, 0.2) is 67.0 Å². The Bertz CT molecular complexity index is 1160. The van der Waals surface area contributed by atoms with Gasteiger partial charge in [-0.2, -0.15) is 5.10 Å². The van der Waals surface area contributed by atoms with E-state index >= 15 is 0 Å². The van der Waals surface area contributed by atoms with E-state index in [1.54, 1.807) is 53.6 Å². The molecule has 2 amide bonds. The third kappa shape index (κ3) is 5.86. The lowest BCUT2D eigenvalue weighted by molar-refractivity contribution is -0.132. The number of para-hydroxylation sites is 1. The minimum absolute atomic E-state index is 0.0437. The highest BCUT2D eigenvalue weighted by atomic mass is 19.1. The van der Waals surface area contributed by atoms with Gasteiger partial charge in [0.15, 0.2) is 5.78 Å². The number of Topliss-reactive ketones (excluding diaryl/α,β-unsaturated/α-hetero) is 1. The molecule has 176 valence electrons. The molecule has 3 aromatic rings. The lowest BCUT2D eigenvalue weighted by Crippen LogP contribution is -2.49. The third-order valence-electron chi connectivity index (χ3n) is 5.71. The van der Waals surface area contributed by atoms with Crippen LogP contribution in [0.3, 0.4) is 0 Å². The van der Waals surface area contributed by atoms with E-state index in [-0.39, 0.29) is 42.8 Å². The molecule has 1 aromatic heterocycles. The number of carbonyl (C=O) groups excluding carboxylic acids is 3. The van der Waals surface area contributed by atoms with Crippen LogP contribution in [0.5, 0.6) is 0 Å². The van der Waals surface area contributed by atoms with Crippen molar-refractivity contribution in [1.82, 2.24) is 14.7 Å². The van der Waals surface area contributed by atoms with Gasteiger partial charge in [-0.05, 0) is 12.1 Å². The number of aromatic nitrogens is 2. The van der Waals surface area contributed by atoms with Crippen LogP contribution < -0.4 is 10.2 Å². The lowest BCUT2D eigenvalue weighted by atomic mass is 10.1. The van der Waals surface area contributed by atoms with Gasteiger partial charge in [-0.15, -0.1) is 0 Å². The topological polar surface area (TPSA) is 87.5 Å². The highest BCUT2D eigenvalue weighted by Crippen LogP contribution is 2.20. The number of anilines is 2. The lowest BCUT2D eigenvalue weighted by Gasteiger charge is -2.36. The standard InChI is InChI=1S/C25H26FN5O3/c26-21-8-4-5-9-22(21)29-12-14-30(15-13-29)25(34)18-31-17-20(16-27-31)28-24(33)11-10-23(32)19-6-2-1-3-7-19/h1-9,16-17H,10-15,18H2,(H,28,33). The molecule has 0 unspecified atom stereocenters. The van der Waals surface area contributed by atoms with E-state index in [0.29, 0.717) is 43.1 Å². The normalized spacial score (nSPS) is 13.6. The van der Waals surface area contributed by atoms with Crippen molar-refractivity contribution in [2.45, 2.75) is 19.4 Å². The van der Waals surface area contributed by atoms with E-state index in [4.69, 9.17) is 0 Å². The summed E-state index contributed by atoms with van der Waals surface area (Å²) in [7, 11) is 0. The summed E-state index contributed by atoms with van der Waals surface area (Å²) in [5, 5.41) is 6.86. The predicted octanol–water partition coefficient (Wildman–Crippen LogP) is 2.97. The number of nitrogens with zero attached hydrogens (tertiary/aromatic N) is 4. The Morgan fingerprint density at radius 2 is 1.62 bits per heavy atom. The van der Waals surface area contributed by atoms with Gasteiger partial charge >= 0.3 is 0 Å². The van der Waals surface area contributed by atoms with Crippen molar-refractivity contribution in [2.75, 3.05) is 36.4 Å². The molecule has 2 aromatic carbocycles. The average molecular weight is 464 g/mol. The summed E-state index contributed by atoms with van der Waals surface area (Å²) in [5.41, 5.74) is 1.60. The Morgan fingerprint density at radius 1 is 0.912 bits per heavy atom. The molecule has 0 bridgehead atoms. The van der Waals surface area contributed by atoms with Gasteiger partial charge in [0.2, 0.25) is 11.8 Å². The highest BCUT2D eigenvalue weighted by molar-refractivity contribution is 5.99. The van der Waals surface area contributed by atoms with Crippen LogP contribution in [0.4, 0.5) is 15.8 Å². The second-order valence-corrected chi connectivity index (χ2v) is 8.08. The van der Waals surface area contributed by atoms with Gasteiger partial charge in [0, 0.05) is 50.8 Å². The van der Waals surface area contributed by atoms with Crippen molar-refractivity contribution < 1.29 is 18.8 Å². The maximum Gasteiger partial charge on any atom is 0.244 e. The Kier molecular flexibility index (Phi) is 7.31. The largest absolute Gasteiger partial charge is 0.366 e. The second-order valence-electron chi connectivity index (χ2n) is 8.08. The summed E-state index contributed by atoms with van der Waals surface area (Å²) in [6.45, 7) is 2.13. The number of hydrogen-bond donors (Lipinski definition) is 1. The monoisotopic (exact) mass is 463 g/mol. The van der Waals surface area contributed by atoms with Crippen molar-refractivity contribution in [3.63, 3.8) is 0 Å². The fourth-order valence-corrected chi connectivity index (χ4v) is 3.88. The van der Waals surface area contributed by atoms with Crippen molar-refractivity contribution in [2.24, 2.45) is 0 Å². The number of hydrogen-bond acceptors (Lipinski definition) is 5. The first kappa shape index (κ1) is 23.2. The number of piperazine rings is 1. The van der Waals surface area contributed by atoms with E-state index in [0.717, 1.165) is 0 Å². The molecule has 1 aliphatic rings. The molecular weight excluding hydrogens is 437 g/mol. The van der Waals surface area contributed by atoms with E-state index in [1.807, 2.05) is 11.0 Å². The van der Waals surface area contributed by atoms with Crippen LogP contribution in [0.2, 0.25) is 0 Å². The fraction of sp³-hybridized carbons (Fsp3) is 0.280. The molecule has 0 radical (unpaired) electrons. The molecule has 8 nitrogen and oxygen atoms in total. The molecule has 0 atom stereocenters. The first-order valence-corrected chi connectivity index (χ1v) is 11.2. The second kappa shape index (κ2) is 10.7. The summed E-state index contributed by atoms with van der Waals surface area (Å²) < 4.78 is 15.5. The number of halogens is 1. The molecular formula is C25H26FN5O3. The summed E-state index contributed by atoms with van der Waals surface area (Å²) in [6.07, 6.45) is 3.23. The van der Waals surface area contributed by atoms with Gasteiger partial charge in [-0.1, -0.05) is 42.5 Å². The Hall–Kier alpha value is -4.01. The van der Waals surface area contributed by atoms with Gasteiger partial charge in [-0.25, -0.2) is 4.39 Å². The molecule has 0 spiro atoms. The fourth-order valence-electron chi connectivity index (χ4n) is 3.88. The minimum atomic E-state index is -0.292. The minimum Gasteiger partial charge on any atom is -0.366 e. The number of nitrogens with one attached hydrogen (secondary N) is 1. The van der Waals surface area contributed by atoms with E-state index < -0.39 is 0 Å². The van der Waals surface area contributed by atoms with Gasteiger partial charge < -0.3 is 15.1 Å². The molecule has 0 aliphatic carbocycles. The summed E-state index contributed by atoms with van der Waals surface area (Å²) >= 11 is 0. The number of rotatable bonds is 8. The van der Waals surface area contributed by atoms with Crippen LogP contribution in [-0.2, 0) is 16.1 Å². The van der Waals surface area contributed by atoms with Crippen LogP contribution in [0.25, 0.3) is 0 Å². The summed E-state index contributed by atoms with van der Waals surface area (Å²) in [5.74, 6) is -0.744. The Balaban J connectivity index is 1.22. The molecule has 2 heterocycles. The van der Waals surface area contributed by atoms with E-state index in [1.165, 1.54) is 16.9 Å². The van der Waals surface area contributed by atoms with Crippen molar-refractivity contribution in [1.29, 1.82) is 0 Å². The molecule has 1 aliphatic heterocycles. The average Bonchev–Trinajstić information content (AvgIpc) is 3.30. The molecule has 34 heavy (non-hydrogen) atoms. The molecule has 9 heteroatoms. The summed E-state index contributed by atoms with van der Waals surface area (Å²) in [6, 6.07) is 15.5. The third-order valence-corrected chi connectivity index (χ3v) is 5.71. The van der Waals surface area contributed by atoms with Crippen LogP contribution >= 0.6 is 0 Å². The first-order valence-electron chi connectivity index (χ1n) is 11.2. The quantitative estimate of drug-likeness (QED) is 0.519. The van der Waals surface area contributed by atoms with Crippen molar-refractivity contribution >= 4 is 29.0 Å². The van der Waals surface area contributed by atoms with E-state index in [9.17, 15) is 18.8 Å². The zero-order chi connectivity index (χ0) is 23.9. The van der Waals surface area contributed by atoms with E-state index in [2.05, 4.69) is 10.4 Å². The Morgan fingerprint density at radius 3 is 2.35 bits per heavy atom. The van der Waals surface area contributed by atoms with Crippen LogP contribution in [-0.4, -0.2) is 58.5 Å². The maximum absolute atomic E-state index is 14.0. The van der Waals surface area contributed by atoms with Crippen LogP contribution in [0, 0.1) is 5.82 Å². The molecule has 1 N–H and O–H groups in total. The zero-order valence-corrected chi connectivity index (χ0v) is 18.7. The van der Waals surface area contributed by atoms with Gasteiger partial charge in [0.1, 0.15) is 12.4 Å². The van der Waals surface area contributed by atoms with Gasteiger partial charge in [0.05, 0.1) is 17.6 Å². The highest BCUT2D eigenvalue weighted by Gasteiger charge is 2.23. The molecule has 4 rings (SSSR count). The molecule has 1 fully saturated rings. The van der Waals surface area contributed by atoms with Crippen LogP contribution in [0.1, 0.15) is 23.2 Å². The smallest absolute Gasteiger partial charge is 0.244 e. The SMILES string of the molecule is O=C(CCC(=O)c1ccccc1)Nc1cnn(CC(=O)N2CCN(c3ccccc3F)CC2)c1. The first-order chi connectivity index (χ1) is 16.5. The van der Waals surface area contributed by atoms with Gasteiger partial charge in [-0.3, -0.25) is 19.1 Å². The summed E-state index contributed by atoms with van der Waals surface area (Å²) in [4.78, 5) is 40.7. The number of benzene rings is 2. The maximum atomic E-state index is 14.0. The Labute approximate surface area is 197 Å². The number of ketones is 1.